The third kappa shape index (κ3) is 4.21. The first kappa shape index (κ1) is 21.6. The standard InChI is InChI=1S/C26H29N5O2/c1-29(2)15-16-33-24-8-10-28-18-23(24)26(32)31-13-11-30(12-14-31)25-20-6-4-3-5-19(20)22-17-27-9-7-21(22)25/h3-10,17-18,25H,11-16H2,1-2H3. The highest BCUT2D eigenvalue weighted by molar-refractivity contribution is 5.96. The summed E-state index contributed by atoms with van der Waals surface area (Å²) >= 11 is 0. The second-order valence-electron chi connectivity index (χ2n) is 8.80. The highest BCUT2D eigenvalue weighted by Crippen LogP contribution is 2.46. The Bertz CT molecular complexity index is 1100. The zero-order valence-electron chi connectivity index (χ0n) is 19.1. The van der Waals surface area contributed by atoms with Crippen LogP contribution >= 0.6 is 0 Å². The molecule has 1 aliphatic carbocycles. The van der Waals surface area contributed by atoms with Gasteiger partial charge >= 0.3 is 0 Å². The average Bonchev–Trinajstić information content (AvgIpc) is 3.18. The summed E-state index contributed by atoms with van der Waals surface area (Å²) in [7, 11) is 4.00. The number of rotatable bonds is 6. The molecule has 1 fully saturated rings. The van der Waals surface area contributed by atoms with Gasteiger partial charge in [0.25, 0.3) is 5.91 Å². The largest absolute Gasteiger partial charge is 0.491 e. The maximum absolute atomic E-state index is 13.3. The summed E-state index contributed by atoms with van der Waals surface area (Å²) in [5.74, 6) is 0.587. The summed E-state index contributed by atoms with van der Waals surface area (Å²) in [5, 5.41) is 0. The summed E-state index contributed by atoms with van der Waals surface area (Å²) in [6, 6.07) is 12.7. The minimum atomic E-state index is -0.0148. The second-order valence-corrected chi connectivity index (χ2v) is 8.80. The Labute approximate surface area is 194 Å². The molecule has 33 heavy (non-hydrogen) atoms. The summed E-state index contributed by atoms with van der Waals surface area (Å²) in [6.07, 6.45) is 7.13. The first-order chi connectivity index (χ1) is 16.1. The first-order valence-corrected chi connectivity index (χ1v) is 11.4. The lowest BCUT2D eigenvalue weighted by Gasteiger charge is -2.38. The van der Waals surface area contributed by atoms with Gasteiger partial charge in [0.15, 0.2) is 0 Å². The quantitative estimate of drug-likeness (QED) is 0.584. The number of piperazine rings is 1. The fourth-order valence-electron chi connectivity index (χ4n) is 4.77. The molecular weight excluding hydrogens is 414 g/mol. The van der Waals surface area contributed by atoms with E-state index < -0.39 is 0 Å². The van der Waals surface area contributed by atoms with Crippen molar-refractivity contribution in [3.63, 3.8) is 0 Å². The molecule has 1 unspecified atom stereocenters. The number of carbonyl (C=O) groups is 1. The van der Waals surface area contributed by atoms with Crippen LogP contribution in [0.2, 0.25) is 0 Å². The lowest BCUT2D eigenvalue weighted by Crippen LogP contribution is -2.49. The fourth-order valence-corrected chi connectivity index (χ4v) is 4.77. The van der Waals surface area contributed by atoms with Crippen molar-refractivity contribution >= 4 is 5.91 Å². The van der Waals surface area contributed by atoms with Gasteiger partial charge < -0.3 is 14.5 Å². The molecule has 0 radical (unpaired) electrons. The van der Waals surface area contributed by atoms with Crippen LogP contribution in [0.4, 0.5) is 0 Å². The number of benzene rings is 1. The molecule has 170 valence electrons. The lowest BCUT2D eigenvalue weighted by atomic mass is 10.0. The first-order valence-electron chi connectivity index (χ1n) is 11.4. The van der Waals surface area contributed by atoms with E-state index >= 15 is 0 Å². The summed E-state index contributed by atoms with van der Waals surface area (Å²) in [6.45, 7) is 4.27. The van der Waals surface area contributed by atoms with Gasteiger partial charge in [-0.05, 0) is 42.9 Å². The maximum Gasteiger partial charge on any atom is 0.259 e. The van der Waals surface area contributed by atoms with E-state index in [4.69, 9.17) is 4.74 Å². The van der Waals surface area contributed by atoms with E-state index in [1.54, 1.807) is 18.5 Å². The topological polar surface area (TPSA) is 61.8 Å². The van der Waals surface area contributed by atoms with Crippen LogP contribution in [0, 0.1) is 0 Å². The van der Waals surface area contributed by atoms with Crippen LogP contribution in [-0.4, -0.2) is 84.0 Å². The van der Waals surface area contributed by atoms with Crippen molar-refractivity contribution in [2.24, 2.45) is 0 Å². The van der Waals surface area contributed by atoms with Gasteiger partial charge in [-0.1, -0.05) is 24.3 Å². The van der Waals surface area contributed by atoms with Crippen LogP contribution in [0.25, 0.3) is 11.1 Å². The van der Waals surface area contributed by atoms with E-state index in [0.717, 1.165) is 19.6 Å². The van der Waals surface area contributed by atoms with E-state index in [2.05, 4.69) is 50.1 Å². The number of fused-ring (bicyclic) bond motifs is 3. The number of carbonyl (C=O) groups excluding carboxylic acids is 1. The number of aromatic nitrogens is 2. The van der Waals surface area contributed by atoms with Crippen molar-refractivity contribution < 1.29 is 9.53 Å². The Morgan fingerprint density at radius 2 is 1.70 bits per heavy atom. The molecule has 0 saturated carbocycles. The van der Waals surface area contributed by atoms with Crippen molar-refractivity contribution in [2.45, 2.75) is 6.04 Å². The van der Waals surface area contributed by atoms with Crippen LogP contribution in [0.1, 0.15) is 27.5 Å². The Kier molecular flexibility index (Phi) is 6.07. The smallest absolute Gasteiger partial charge is 0.259 e. The maximum atomic E-state index is 13.3. The van der Waals surface area contributed by atoms with Crippen LogP contribution in [0.3, 0.4) is 0 Å². The normalized spacial score (nSPS) is 17.7. The molecule has 2 aromatic heterocycles. The summed E-state index contributed by atoms with van der Waals surface area (Å²) in [5.41, 5.74) is 5.64. The number of ether oxygens (including phenoxy) is 1. The molecule has 3 aromatic rings. The van der Waals surface area contributed by atoms with E-state index in [9.17, 15) is 4.79 Å². The fraction of sp³-hybridized carbons (Fsp3) is 0.346. The Morgan fingerprint density at radius 1 is 0.970 bits per heavy atom. The molecule has 2 aliphatic rings. The minimum Gasteiger partial charge on any atom is -0.491 e. The highest BCUT2D eigenvalue weighted by atomic mass is 16.5. The van der Waals surface area contributed by atoms with Gasteiger partial charge in [-0.15, -0.1) is 0 Å². The molecule has 7 heteroatoms. The molecule has 0 N–H and O–H groups in total. The van der Waals surface area contributed by atoms with Gasteiger partial charge in [-0.2, -0.15) is 0 Å². The molecular formula is C26H29N5O2. The van der Waals surface area contributed by atoms with Crippen LogP contribution in [0.5, 0.6) is 5.75 Å². The highest BCUT2D eigenvalue weighted by Gasteiger charge is 2.35. The number of likely N-dealkylation sites (N-methyl/N-ethyl adjacent to an activating group) is 1. The van der Waals surface area contributed by atoms with Crippen molar-refractivity contribution in [1.29, 1.82) is 0 Å². The number of pyridine rings is 2. The number of hydrogen-bond donors (Lipinski definition) is 0. The molecule has 1 aromatic carbocycles. The Morgan fingerprint density at radius 3 is 2.52 bits per heavy atom. The monoisotopic (exact) mass is 443 g/mol. The Hall–Kier alpha value is -3.29. The van der Waals surface area contributed by atoms with E-state index in [0.29, 0.717) is 31.0 Å². The third-order valence-corrected chi connectivity index (χ3v) is 6.47. The SMILES string of the molecule is CN(C)CCOc1ccncc1C(=O)N1CCN(C2c3ccccc3-c3cnccc32)CC1. The van der Waals surface area contributed by atoms with Gasteiger partial charge in [0.1, 0.15) is 12.4 Å². The van der Waals surface area contributed by atoms with Gasteiger partial charge in [0, 0.05) is 63.1 Å². The van der Waals surface area contributed by atoms with Crippen molar-refractivity contribution in [3.05, 3.63) is 77.9 Å². The zero-order chi connectivity index (χ0) is 22.8. The van der Waals surface area contributed by atoms with Gasteiger partial charge in [-0.3, -0.25) is 19.7 Å². The summed E-state index contributed by atoms with van der Waals surface area (Å²) in [4.78, 5) is 28.3. The van der Waals surface area contributed by atoms with E-state index in [-0.39, 0.29) is 11.9 Å². The predicted octanol–water partition coefficient (Wildman–Crippen LogP) is 2.94. The summed E-state index contributed by atoms with van der Waals surface area (Å²) < 4.78 is 5.89. The molecule has 1 saturated heterocycles. The van der Waals surface area contributed by atoms with Crippen LogP contribution in [0.15, 0.2) is 61.2 Å². The second kappa shape index (κ2) is 9.29. The molecule has 7 nitrogen and oxygen atoms in total. The lowest BCUT2D eigenvalue weighted by molar-refractivity contribution is 0.0595. The number of nitrogens with zero attached hydrogens (tertiary/aromatic N) is 5. The van der Waals surface area contributed by atoms with Gasteiger partial charge in [0.2, 0.25) is 0 Å². The molecule has 5 rings (SSSR count). The Balaban J connectivity index is 1.29. The van der Waals surface area contributed by atoms with Crippen molar-refractivity contribution in [3.8, 4) is 16.9 Å². The zero-order valence-corrected chi connectivity index (χ0v) is 19.1. The minimum absolute atomic E-state index is 0.0148. The predicted molar refractivity (Wildman–Crippen MR) is 127 cm³/mol. The van der Waals surface area contributed by atoms with Crippen molar-refractivity contribution in [1.82, 2.24) is 24.7 Å². The van der Waals surface area contributed by atoms with Crippen LogP contribution < -0.4 is 4.74 Å². The van der Waals surface area contributed by atoms with E-state index in [1.807, 2.05) is 31.4 Å². The third-order valence-electron chi connectivity index (χ3n) is 6.47. The van der Waals surface area contributed by atoms with Gasteiger partial charge in [-0.25, -0.2) is 0 Å². The number of hydrogen-bond acceptors (Lipinski definition) is 6. The molecule has 0 spiro atoms. The number of amides is 1. The molecule has 3 heterocycles. The molecule has 0 bridgehead atoms. The van der Waals surface area contributed by atoms with Crippen molar-refractivity contribution in [2.75, 3.05) is 53.4 Å². The molecule has 1 atom stereocenters. The van der Waals surface area contributed by atoms with E-state index in [1.165, 1.54) is 22.3 Å². The molecule has 1 amide bonds. The molecule has 1 aliphatic heterocycles. The van der Waals surface area contributed by atoms with Gasteiger partial charge in [0.05, 0.1) is 11.6 Å². The van der Waals surface area contributed by atoms with Crippen LogP contribution in [-0.2, 0) is 0 Å². The average molecular weight is 444 g/mol.